The van der Waals surface area contributed by atoms with Crippen molar-refractivity contribution in [2.45, 2.75) is 45.1 Å². The van der Waals surface area contributed by atoms with E-state index in [0.29, 0.717) is 12.8 Å². The molecular formula is C20H27FN4O4S. The number of rotatable bonds is 10. The summed E-state index contributed by atoms with van der Waals surface area (Å²) in [5, 5.41) is 18.3. The number of carbonyl (C=O) groups excluding carboxylic acids is 1. The highest BCUT2D eigenvalue weighted by molar-refractivity contribution is 7.87. The number of hydrogen-bond donors (Lipinski definition) is 3. The summed E-state index contributed by atoms with van der Waals surface area (Å²) in [5.74, 6) is -1.76. The van der Waals surface area contributed by atoms with Gasteiger partial charge in [0.1, 0.15) is 11.9 Å². The molecule has 0 bridgehead atoms. The predicted octanol–water partition coefficient (Wildman–Crippen LogP) is 2.34. The number of amides is 1. The Morgan fingerprint density at radius 3 is 2.60 bits per heavy atom. The molecule has 1 unspecified atom stereocenters. The van der Waals surface area contributed by atoms with Gasteiger partial charge in [-0.3, -0.25) is 10.0 Å². The van der Waals surface area contributed by atoms with Crippen LogP contribution in [0, 0.1) is 23.1 Å². The largest absolute Gasteiger partial charge is 0.289 e. The topological polar surface area (TPSA) is 123 Å². The molecule has 30 heavy (non-hydrogen) atoms. The molecule has 164 valence electrons. The van der Waals surface area contributed by atoms with Gasteiger partial charge in [0.2, 0.25) is 0 Å². The normalized spacial score (nSPS) is 16.9. The fraction of sp³-hybridized carbons (Fsp3) is 0.500. The summed E-state index contributed by atoms with van der Waals surface area (Å²) in [7, 11) is -4.03. The summed E-state index contributed by atoms with van der Waals surface area (Å²) >= 11 is 0. The van der Waals surface area contributed by atoms with Gasteiger partial charge in [-0.15, -0.1) is 0 Å². The standard InChI is InChI=1S/C20H27FN4O4S/c1-2-3-4-15(14-22)13-19(20(26)23-27)24-30(28,29)25-11-9-17(10-12-25)16-5-7-18(21)8-6-16/h5-9,15,19,24,27H,2-4,10-13H2,1H3,(H,23,26)/t15?,19-/m1/s1. The summed E-state index contributed by atoms with van der Waals surface area (Å²) in [6, 6.07) is 6.82. The van der Waals surface area contributed by atoms with Crippen LogP contribution >= 0.6 is 0 Å². The Morgan fingerprint density at radius 1 is 1.37 bits per heavy atom. The highest BCUT2D eigenvalue weighted by atomic mass is 32.2. The Hall–Kier alpha value is -2.32. The van der Waals surface area contributed by atoms with Crippen molar-refractivity contribution in [1.82, 2.24) is 14.5 Å². The first-order valence-electron chi connectivity index (χ1n) is 9.86. The number of nitrogens with one attached hydrogen (secondary N) is 2. The van der Waals surface area contributed by atoms with E-state index in [1.807, 2.05) is 6.92 Å². The van der Waals surface area contributed by atoms with Crippen LogP contribution in [0.15, 0.2) is 30.3 Å². The van der Waals surface area contributed by atoms with Crippen molar-refractivity contribution < 1.29 is 22.8 Å². The summed E-state index contributed by atoms with van der Waals surface area (Å²) in [4.78, 5) is 12.0. The van der Waals surface area contributed by atoms with Crippen LogP contribution in [0.5, 0.6) is 0 Å². The van der Waals surface area contributed by atoms with E-state index >= 15 is 0 Å². The van der Waals surface area contributed by atoms with E-state index in [-0.39, 0.29) is 25.3 Å². The Bertz CT molecular complexity index is 896. The van der Waals surface area contributed by atoms with Crippen LogP contribution in [-0.2, 0) is 15.0 Å². The summed E-state index contributed by atoms with van der Waals surface area (Å²) in [5.41, 5.74) is 3.21. The molecule has 10 heteroatoms. The highest BCUT2D eigenvalue weighted by Gasteiger charge is 2.31. The molecule has 0 fully saturated rings. The fourth-order valence-corrected chi connectivity index (χ4v) is 4.62. The lowest BCUT2D eigenvalue weighted by molar-refractivity contribution is -0.131. The van der Waals surface area contributed by atoms with Crippen molar-refractivity contribution in [3.05, 3.63) is 41.7 Å². The van der Waals surface area contributed by atoms with Gasteiger partial charge in [-0.25, -0.2) is 9.87 Å². The number of halogens is 1. The van der Waals surface area contributed by atoms with Crippen molar-refractivity contribution in [3.8, 4) is 6.07 Å². The lowest BCUT2D eigenvalue weighted by Crippen LogP contribution is -2.52. The van der Waals surface area contributed by atoms with Crippen LogP contribution < -0.4 is 10.2 Å². The minimum absolute atomic E-state index is 0.0351. The second-order valence-electron chi connectivity index (χ2n) is 7.20. The third kappa shape index (κ3) is 6.60. The molecule has 1 aliphatic heterocycles. The molecule has 1 aliphatic rings. The average molecular weight is 439 g/mol. The molecule has 2 atom stereocenters. The number of hydrogen-bond acceptors (Lipinski definition) is 5. The molecule has 0 saturated heterocycles. The molecule has 0 aliphatic carbocycles. The Morgan fingerprint density at radius 2 is 2.07 bits per heavy atom. The first kappa shape index (κ1) is 24.0. The molecule has 0 spiro atoms. The van der Waals surface area contributed by atoms with Gasteiger partial charge >= 0.3 is 0 Å². The number of unbranched alkanes of at least 4 members (excludes halogenated alkanes) is 1. The van der Waals surface area contributed by atoms with Crippen molar-refractivity contribution in [2.24, 2.45) is 5.92 Å². The zero-order valence-corrected chi connectivity index (χ0v) is 17.7. The maximum absolute atomic E-state index is 13.1. The maximum Gasteiger partial charge on any atom is 0.280 e. The molecule has 0 radical (unpaired) electrons. The zero-order chi connectivity index (χ0) is 22.1. The molecule has 1 amide bonds. The molecule has 3 N–H and O–H groups in total. The molecule has 0 saturated carbocycles. The Labute approximate surface area is 176 Å². The zero-order valence-electron chi connectivity index (χ0n) is 16.8. The highest BCUT2D eigenvalue weighted by Crippen LogP contribution is 2.24. The summed E-state index contributed by atoms with van der Waals surface area (Å²) < 4.78 is 42.1. The number of hydroxylamine groups is 1. The van der Waals surface area contributed by atoms with Crippen LogP contribution in [0.2, 0.25) is 0 Å². The third-order valence-electron chi connectivity index (χ3n) is 5.05. The van der Waals surface area contributed by atoms with Crippen molar-refractivity contribution >= 4 is 21.7 Å². The minimum Gasteiger partial charge on any atom is -0.289 e. The molecule has 8 nitrogen and oxygen atoms in total. The van der Waals surface area contributed by atoms with Gasteiger partial charge in [-0.1, -0.05) is 38.0 Å². The number of nitrogens with zero attached hydrogens (tertiary/aromatic N) is 2. The third-order valence-corrected chi connectivity index (χ3v) is 6.65. The minimum atomic E-state index is -4.03. The van der Waals surface area contributed by atoms with Crippen LogP contribution in [0.4, 0.5) is 4.39 Å². The van der Waals surface area contributed by atoms with Gasteiger partial charge in [0.25, 0.3) is 16.1 Å². The number of nitriles is 1. The van der Waals surface area contributed by atoms with Gasteiger partial charge < -0.3 is 0 Å². The SMILES string of the molecule is CCCCC(C#N)C[C@@H](NS(=O)(=O)N1CC=C(c2ccc(F)cc2)CC1)C(=O)NO. The number of carbonyl (C=O) groups is 1. The monoisotopic (exact) mass is 438 g/mol. The van der Waals surface area contributed by atoms with Gasteiger partial charge in [0, 0.05) is 19.0 Å². The van der Waals surface area contributed by atoms with Crippen LogP contribution in [0.25, 0.3) is 5.57 Å². The average Bonchev–Trinajstić information content (AvgIpc) is 2.75. The van der Waals surface area contributed by atoms with E-state index in [2.05, 4.69) is 10.8 Å². The smallest absolute Gasteiger partial charge is 0.280 e. The second-order valence-corrected chi connectivity index (χ2v) is 8.90. The second kappa shape index (κ2) is 11.2. The molecule has 1 aromatic carbocycles. The Kier molecular flexibility index (Phi) is 8.92. The molecule has 0 aromatic heterocycles. The fourth-order valence-electron chi connectivity index (χ4n) is 3.31. The first-order chi connectivity index (χ1) is 14.3. The summed E-state index contributed by atoms with van der Waals surface area (Å²) in [6.45, 7) is 2.25. The van der Waals surface area contributed by atoms with Gasteiger partial charge in [0.05, 0.1) is 6.07 Å². The van der Waals surface area contributed by atoms with E-state index in [1.165, 1.54) is 21.9 Å². The molecule has 1 heterocycles. The van der Waals surface area contributed by atoms with E-state index in [0.717, 1.165) is 24.0 Å². The maximum atomic E-state index is 13.1. The number of benzene rings is 1. The van der Waals surface area contributed by atoms with Crippen LogP contribution in [0.3, 0.4) is 0 Å². The van der Waals surface area contributed by atoms with Crippen molar-refractivity contribution in [3.63, 3.8) is 0 Å². The van der Waals surface area contributed by atoms with Gasteiger partial charge in [0.15, 0.2) is 0 Å². The summed E-state index contributed by atoms with van der Waals surface area (Å²) in [6.07, 6.45) is 4.33. The van der Waals surface area contributed by atoms with E-state index in [9.17, 15) is 22.9 Å². The molecular weight excluding hydrogens is 411 g/mol. The van der Waals surface area contributed by atoms with Gasteiger partial charge in [-0.2, -0.15) is 22.7 Å². The quantitative estimate of drug-likeness (QED) is 0.382. The van der Waals surface area contributed by atoms with E-state index < -0.39 is 28.1 Å². The molecule has 1 aromatic rings. The van der Waals surface area contributed by atoms with Crippen LogP contribution in [-0.4, -0.2) is 43.0 Å². The predicted molar refractivity (Wildman–Crippen MR) is 110 cm³/mol. The van der Waals surface area contributed by atoms with Gasteiger partial charge in [-0.05, 0) is 42.5 Å². The lowest BCUT2D eigenvalue weighted by Gasteiger charge is -2.28. The van der Waals surface area contributed by atoms with Crippen molar-refractivity contribution in [2.75, 3.05) is 13.1 Å². The van der Waals surface area contributed by atoms with E-state index in [4.69, 9.17) is 5.21 Å². The first-order valence-corrected chi connectivity index (χ1v) is 11.3. The van der Waals surface area contributed by atoms with Crippen LogP contribution in [0.1, 0.15) is 44.6 Å². The van der Waals surface area contributed by atoms with E-state index in [1.54, 1.807) is 18.2 Å². The molecule has 2 rings (SSSR count). The lowest BCUT2D eigenvalue weighted by atomic mass is 9.96. The van der Waals surface area contributed by atoms with Crippen molar-refractivity contribution in [1.29, 1.82) is 5.26 Å². The Balaban J connectivity index is 2.08.